The van der Waals surface area contributed by atoms with Gasteiger partial charge in [0.2, 0.25) is 7.37 Å². The maximum Gasteiger partial charge on any atom is 0.256 e. The quantitative estimate of drug-likeness (QED) is 0.409. The number of para-hydroxylation sites is 1. The molecule has 1 unspecified atom stereocenters. The summed E-state index contributed by atoms with van der Waals surface area (Å²) in [6, 6.07) is 25.5. The fourth-order valence-electron chi connectivity index (χ4n) is 3.30. The number of carbonyl (C=O) groups excluding carboxylic acids is 1. The Morgan fingerprint density at radius 1 is 1.00 bits per heavy atom. The van der Waals surface area contributed by atoms with Gasteiger partial charge in [0, 0.05) is 18.0 Å². The van der Waals surface area contributed by atoms with Crippen molar-refractivity contribution >= 4 is 30.1 Å². The first-order valence-corrected chi connectivity index (χ1v) is 11.8. The number of aromatic nitrogens is 2. The molecule has 4 aromatic rings. The molecule has 162 valence electrons. The van der Waals surface area contributed by atoms with Crippen LogP contribution in [0, 0.1) is 0 Å². The SMILES string of the molecule is COP(=O)(Cc1ccc(C(=O)Nc2nn(-c3ccccc3)cc2N)cc1)c1ccccc1. The predicted octanol–water partition coefficient (Wildman–Crippen LogP) is 4.46. The van der Waals surface area contributed by atoms with Crippen LogP contribution >= 0.6 is 7.37 Å². The van der Waals surface area contributed by atoms with Gasteiger partial charge in [0.1, 0.15) is 0 Å². The lowest BCUT2D eigenvalue weighted by Crippen LogP contribution is -2.14. The van der Waals surface area contributed by atoms with Gasteiger partial charge in [-0.25, -0.2) is 4.68 Å². The Balaban J connectivity index is 1.47. The second kappa shape index (κ2) is 9.22. The second-order valence-corrected chi connectivity index (χ2v) is 9.76. The molecule has 32 heavy (non-hydrogen) atoms. The van der Waals surface area contributed by atoms with Crippen molar-refractivity contribution in [1.29, 1.82) is 0 Å². The zero-order chi connectivity index (χ0) is 22.6. The molecule has 0 spiro atoms. The van der Waals surface area contributed by atoms with Gasteiger partial charge in [-0.1, -0.05) is 48.5 Å². The molecule has 3 aromatic carbocycles. The summed E-state index contributed by atoms with van der Waals surface area (Å²) in [4.78, 5) is 12.7. The molecule has 0 aliphatic carbocycles. The molecule has 8 heteroatoms. The number of nitrogen functional groups attached to an aromatic ring is 1. The van der Waals surface area contributed by atoms with Crippen molar-refractivity contribution in [3.8, 4) is 5.69 Å². The summed E-state index contributed by atoms with van der Waals surface area (Å²) < 4.78 is 20.2. The Hall–Kier alpha value is -3.67. The molecule has 1 atom stereocenters. The molecule has 0 radical (unpaired) electrons. The van der Waals surface area contributed by atoms with Gasteiger partial charge in [-0.15, -0.1) is 5.10 Å². The second-order valence-electron chi connectivity index (χ2n) is 7.21. The van der Waals surface area contributed by atoms with Gasteiger partial charge in [0.05, 0.1) is 23.7 Å². The third-order valence-electron chi connectivity index (χ3n) is 5.05. The monoisotopic (exact) mass is 446 g/mol. The highest BCUT2D eigenvalue weighted by molar-refractivity contribution is 7.66. The van der Waals surface area contributed by atoms with E-state index in [4.69, 9.17) is 10.3 Å². The van der Waals surface area contributed by atoms with Crippen LogP contribution in [0.5, 0.6) is 0 Å². The molecule has 0 bridgehead atoms. The molecule has 0 saturated carbocycles. The van der Waals surface area contributed by atoms with Crippen LogP contribution in [0.4, 0.5) is 11.5 Å². The van der Waals surface area contributed by atoms with Crippen LogP contribution in [0.1, 0.15) is 15.9 Å². The molecule has 1 amide bonds. The van der Waals surface area contributed by atoms with Crippen molar-refractivity contribution in [2.24, 2.45) is 0 Å². The third-order valence-corrected chi connectivity index (χ3v) is 7.50. The fourth-order valence-corrected chi connectivity index (χ4v) is 5.14. The molecule has 7 nitrogen and oxygen atoms in total. The van der Waals surface area contributed by atoms with Crippen molar-refractivity contribution < 1.29 is 13.9 Å². The lowest BCUT2D eigenvalue weighted by Gasteiger charge is -2.16. The number of amides is 1. The Bertz CT molecular complexity index is 1260. The standard InChI is InChI=1S/C24H23N4O3P/c1-31-32(30,21-10-6-3-7-11-21)17-18-12-14-19(15-13-18)24(29)26-23-22(25)16-28(27-23)20-8-4-2-5-9-20/h2-16H,17,25H2,1H3,(H,26,27,29). The first-order valence-electron chi connectivity index (χ1n) is 10.00. The van der Waals surface area contributed by atoms with Crippen molar-refractivity contribution in [3.63, 3.8) is 0 Å². The molecular formula is C24H23N4O3P. The van der Waals surface area contributed by atoms with E-state index >= 15 is 0 Å². The van der Waals surface area contributed by atoms with Gasteiger partial charge in [-0.05, 0) is 42.0 Å². The van der Waals surface area contributed by atoms with Crippen molar-refractivity contribution in [1.82, 2.24) is 9.78 Å². The molecule has 0 aliphatic rings. The topological polar surface area (TPSA) is 99.2 Å². The molecular weight excluding hydrogens is 423 g/mol. The van der Waals surface area contributed by atoms with Gasteiger partial charge in [0.25, 0.3) is 5.91 Å². The number of nitrogens with zero attached hydrogens (tertiary/aromatic N) is 2. The van der Waals surface area contributed by atoms with E-state index in [0.29, 0.717) is 16.6 Å². The minimum atomic E-state index is -3.03. The van der Waals surface area contributed by atoms with E-state index in [1.807, 2.05) is 48.5 Å². The maximum absolute atomic E-state index is 13.2. The number of carbonyl (C=O) groups is 1. The molecule has 1 aromatic heterocycles. The Morgan fingerprint density at radius 2 is 1.62 bits per heavy atom. The summed E-state index contributed by atoms with van der Waals surface area (Å²) in [5, 5.41) is 7.77. The average molecular weight is 446 g/mol. The lowest BCUT2D eigenvalue weighted by atomic mass is 10.1. The number of nitrogens with one attached hydrogen (secondary N) is 1. The minimum Gasteiger partial charge on any atom is -0.394 e. The van der Waals surface area contributed by atoms with E-state index in [-0.39, 0.29) is 17.9 Å². The van der Waals surface area contributed by atoms with Gasteiger partial charge in [-0.3, -0.25) is 9.36 Å². The van der Waals surface area contributed by atoms with Crippen LogP contribution in [0.3, 0.4) is 0 Å². The number of rotatable bonds is 7. The summed E-state index contributed by atoms with van der Waals surface area (Å²) in [7, 11) is -1.58. The van der Waals surface area contributed by atoms with Crippen molar-refractivity contribution in [2.75, 3.05) is 18.2 Å². The molecule has 4 rings (SSSR count). The van der Waals surface area contributed by atoms with Gasteiger partial charge in [0.15, 0.2) is 5.82 Å². The number of benzene rings is 3. The number of nitrogens with two attached hydrogens (primary N) is 1. The van der Waals surface area contributed by atoms with Crippen LogP contribution in [-0.4, -0.2) is 22.8 Å². The highest BCUT2D eigenvalue weighted by Crippen LogP contribution is 2.48. The Morgan fingerprint density at radius 3 is 2.25 bits per heavy atom. The first-order chi connectivity index (χ1) is 15.5. The summed E-state index contributed by atoms with van der Waals surface area (Å²) in [5.41, 5.74) is 8.48. The fraction of sp³-hybridized carbons (Fsp3) is 0.0833. The minimum absolute atomic E-state index is 0.240. The first kappa shape index (κ1) is 21.6. The van der Waals surface area contributed by atoms with E-state index in [0.717, 1.165) is 11.3 Å². The van der Waals surface area contributed by atoms with E-state index in [1.165, 1.54) is 7.11 Å². The van der Waals surface area contributed by atoms with Crippen LogP contribution < -0.4 is 16.4 Å². The summed E-state index contributed by atoms with van der Waals surface area (Å²) in [6.07, 6.45) is 1.89. The smallest absolute Gasteiger partial charge is 0.256 e. The highest BCUT2D eigenvalue weighted by atomic mass is 31.2. The Labute approximate surface area is 186 Å². The van der Waals surface area contributed by atoms with E-state index < -0.39 is 7.37 Å². The number of hydrogen-bond donors (Lipinski definition) is 2. The van der Waals surface area contributed by atoms with Crippen LogP contribution in [-0.2, 0) is 15.3 Å². The van der Waals surface area contributed by atoms with Crippen molar-refractivity contribution in [2.45, 2.75) is 6.16 Å². The van der Waals surface area contributed by atoms with Crippen LogP contribution in [0.25, 0.3) is 5.69 Å². The highest BCUT2D eigenvalue weighted by Gasteiger charge is 2.25. The van der Waals surface area contributed by atoms with E-state index in [2.05, 4.69) is 10.4 Å². The van der Waals surface area contributed by atoms with Crippen LogP contribution in [0.2, 0.25) is 0 Å². The predicted molar refractivity (Wildman–Crippen MR) is 127 cm³/mol. The van der Waals surface area contributed by atoms with Crippen LogP contribution in [0.15, 0.2) is 91.1 Å². The molecule has 0 saturated heterocycles. The molecule has 0 fully saturated rings. The summed E-state index contributed by atoms with van der Waals surface area (Å²) >= 11 is 0. The van der Waals surface area contributed by atoms with E-state index in [1.54, 1.807) is 47.3 Å². The summed E-state index contributed by atoms with van der Waals surface area (Å²) in [5.74, 6) is -0.0459. The number of hydrogen-bond acceptors (Lipinski definition) is 5. The average Bonchev–Trinajstić information content (AvgIpc) is 3.20. The zero-order valence-corrected chi connectivity index (χ0v) is 18.4. The molecule has 3 N–H and O–H groups in total. The maximum atomic E-state index is 13.2. The van der Waals surface area contributed by atoms with Gasteiger partial charge in [-0.2, -0.15) is 0 Å². The van der Waals surface area contributed by atoms with Crippen molar-refractivity contribution in [3.05, 3.63) is 102 Å². The molecule has 0 aliphatic heterocycles. The largest absolute Gasteiger partial charge is 0.394 e. The Kier molecular flexibility index (Phi) is 6.21. The molecule has 1 heterocycles. The summed E-state index contributed by atoms with van der Waals surface area (Å²) in [6.45, 7) is 0. The number of anilines is 2. The normalized spacial score (nSPS) is 12.8. The van der Waals surface area contributed by atoms with E-state index in [9.17, 15) is 9.36 Å². The van der Waals surface area contributed by atoms with Gasteiger partial charge >= 0.3 is 0 Å². The lowest BCUT2D eigenvalue weighted by molar-refractivity contribution is 0.102. The zero-order valence-electron chi connectivity index (χ0n) is 17.5. The van der Waals surface area contributed by atoms with Gasteiger partial charge < -0.3 is 15.6 Å². The third kappa shape index (κ3) is 4.64.